The standard InChI is InChI=1S/C46H28O/c1-2-10-29(11-3-1)33-24-25-38-43-28-41-37-16-7-6-15-36(37)40(27-42(41)39-18-9-19-44(46(39)43)47-45(38)26-33)32-22-20-31(21-23-32)35-17-8-13-30-12-4-5-14-34(30)35/h1-28H/i1D,2D,3D,10D,11D. The maximum Gasteiger partial charge on any atom is 0.135 e. The highest BCUT2D eigenvalue weighted by Gasteiger charge is 2.23. The predicted octanol–water partition coefficient (Wildman–Crippen LogP) is 13.1. The summed E-state index contributed by atoms with van der Waals surface area (Å²) in [5, 5.41) is 9.16. The molecule has 0 radical (unpaired) electrons. The van der Waals surface area contributed by atoms with Gasteiger partial charge in [-0.25, -0.2) is 0 Å². The van der Waals surface area contributed by atoms with Crippen LogP contribution in [-0.2, 0) is 0 Å². The van der Waals surface area contributed by atoms with E-state index in [2.05, 4.69) is 109 Å². The Morgan fingerprint density at radius 1 is 0.362 bits per heavy atom. The van der Waals surface area contributed by atoms with E-state index in [1.807, 2.05) is 24.3 Å². The van der Waals surface area contributed by atoms with Gasteiger partial charge in [0.2, 0.25) is 0 Å². The first-order chi connectivity index (χ1) is 25.4. The Balaban J connectivity index is 1.15. The molecule has 0 spiro atoms. The van der Waals surface area contributed by atoms with E-state index in [0.29, 0.717) is 17.1 Å². The van der Waals surface area contributed by atoms with Crippen molar-refractivity contribution in [2.45, 2.75) is 0 Å². The molecular weight excluding hydrogens is 569 g/mol. The maximum atomic E-state index is 8.53. The average Bonchev–Trinajstić information content (AvgIpc) is 3.19. The van der Waals surface area contributed by atoms with Gasteiger partial charge in [0.05, 0.1) is 6.85 Å². The van der Waals surface area contributed by atoms with Crippen molar-refractivity contribution >= 4 is 43.1 Å². The third-order valence-electron chi connectivity index (χ3n) is 9.54. The zero-order valence-corrected chi connectivity index (χ0v) is 25.2. The van der Waals surface area contributed by atoms with Crippen LogP contribution >= 0.6 is 0 Å². The average molecular weight is 602 g/mol. The molecular formula is C46H28O. The smallest absolute Gasteiger partial charge is 0.135 e. The highest BCUT2D eigenvalue weighted by molar-refractivity contribution is 6.25. The lowest BCUT2D eigenvalue weighted by molar-refractivity contribution is 0.487. The summed E-state index contributed by atoms with van der Waals surface area (Å²) in [6, 6.07) is 47.1. The zero-order valence-electron chi connectivity index (χ0n) is 30.2. The molecule has 218 valence electrons. The van der Waals surface area contributed by atoms with Gasteiger partial charge in [-0.2, -0.15) is 0 Å². The molecule has 0 bridgehead atoms. The number of fused-ring (bicyclic) bond motifs is 7. The van der Waals surface area contributed by atoms with Gasteiger partial charge in [0.15, 0.2) is 0 Å². The molecule has 0 atom stereocenters. The molecule has 0 saturated heterocycles. The largest absolute Gasteiger partial charge is 0.456 e. The molecule has 9 aromatic rings. The van der Waals surface area contributed by atoms with Crippen molar-refractivity contribution in [2.24, 2.45) is 0 Å². The van der Waals surface area contributed by atoms with Crippen molar-refractivity contribution in [3.8, 4) is 56.0 Å². The Hall–Kier alpha value is -6.18. The van der Waals surface area contributed by atoms with Gasteiger partial charge in [-0.15, -0.1) is 0 Å². The molecule has 9 aromatic carbocycles. The first-order valence-corrected chi connectivity index (χ1v) is 15.8. The van der Waals surface area contributed by atoms with E-state index in [-0.39, 0.29) is 29.7 Å². The molecule has 0 saturated carbocycles. The lowest BCUT2D eigenvalue weighted by atomic mass is 9.86. The lowest BCUT2D eigenvalue weighted by Crippen LogP contribution is -1.98. The number of hydrogen-bond acceptors (Lipinski definition) is 1. The molecule has 1 aliphatic heterocycles. The number of rotatable bonds is 3. The van der Waals surface area contributed by atoms with Crippen molar-refractivity contribution < 1.29 is 11.6 Å². The van der Waals surface area contributed by atoms with E-state index in [4.69, 9.17) is 11.6 Å². The van der Waals surface area contributed by atoms with Crippen molar-refractivity contribution in [3.63, 3.8) is 0 Å². The lowest BCUT2D eigenvalue weighted by Gasteiger charge is -2.24. The van der Waals surface area contributed by atoms with Gasteiger partial charge in [0.1, 0.15) is 11.5 Å². The summed E-state index contributed by atoms with van der Waals surface area (Å²) in [6.45, 7) is 0. The highest BCUT2D eigenvalue weighted by atomic mass is 16.5. The molecule has 0 N–H and O–H groups in total. The summed E-state index contributed by atoms with van der Waals surface area (Å²) in [5.41, 5.74) is 7.28. The van der Waals surface area contributed by atoms with Gasteiger partial charge in [0.25, 0.3) is 0 Å². The topological polar surface area (TPSA) is 9.23 Å². The fourth-order valence-corrected chi connectivity index (χ4v) is 7.37. The maximum absolute atomic E-state index is 8.53. The summed E-state index contributed by atoms with van der Waals surface area (Å²) >= 11 is 0. The van der Waals surface area contributed by atoms with Crippen LogP contribution in [0.25, 0.3) is 87.6 Å². The molecule has 0 fully saturated rings. The van der Waals surface area contributed by atoms with Gasteiger partial charge in [-0.1, -0.05) is 139 Å². The van der Waals surface area contributed by atoms with Gasteiger partial charge < -0.3 is 4.74 Å². The van der Waals surface area contributed by atoms with Crippen LogP contribution in [0.3, 0.4) is 0 Å². The van der Waals surface area contributed by atoms with Gasteiger partial charge >= 0.3 is 0 Å². The van der Waals surface area contributed by atoms with Crippen LogP contribution in [0.1, 0.15) is 6.85 Å². The molecule has 1 aliphatic rings. The summed E-state index contributed by atoms with van der Waals surface area (Å²) < 4.78 is 48.0. The van der Waals surface area contributed by atoms with Crippen molar-refractivity contribution in [1.29, 1.82) is 0 Å². The Labute approximate surface area is 280 Å². The van der Waals surface area contributed by atoms with E-state index in [1.54, 1.807) is 6.07 Å². The van der Waals surface area contributed by atoms with E-state index in [0.717, 1.165) is 49.2 Å². The summed E-state index contributed by atoms with van der Waals surface area (Å²) in [7, 11) is 0. The SMILES string of the molecule is [2H]c1c([2H])c([2H])c(-c2ccc3c(c2)Oc2cccc4c2c-3cc2c3ccccc3c(-c3ccc(-c5cccc6ccccc56)cc3)cc42)c([2H])c1[2H]. The number of ether oxygens (including phenoxy) is 1. The van der Waals surface area contributed by atoms with Crippen LogP contribution in [0.15, 0.2) is 170 Å². The highest BCUT2D eigenvalue weighted by Crippen LogP contribution is 2.51. The Bertz CT molecular complexity index is 2950. The quantitative estimate of drug-likeness (QED) is 0.183. The van der Waals surface area contributed by atoms with Crippen LogP contribution < -0.4 is 4.74 Å². The normalized spacial score (nSPS) is 13.5. The Kier molecular flexibility index (Phi) is 4.66. The van der Waals surface area contributed by atoms with E-state index >= 15 is 0 Å². The van der Waals surface area contributed by atoms with Crippen LogP contribution in [0, 0.1) is 0 Å². The van der Waals surface area contributed by atoms with E-state index in [9.17, 15) is 0 Å². The van der Waals surface area contributed by atoms with Crippen LogP contribution in [0.5, 0.6) is 11.5 Å². The molecule has 47 heavy (non-hydrogen) atoms. The van der Waals surface area contributed by atoms with Crippen LogP contribution in [0.2, 0.25) is 0 Å². The summed E-state index contributed by atoms with van der Waals surface area (Å²) in [6.07, 6.45) is 0. The molecule has 0 amide bonds. The molecule has 1 nitrogen and oxygen atoms in total. The van der Waals surface area contributed by atoms with E-state index in [1.165, 1.54) is 27.3 Å². The van der Waals surface area contributed by atoms with Crippen LogP contribution in [0.4, 0.5) is 0 Å². The third-order valence-corrected chi connectivity index (χ3v) is 9.54. The second-order valence-corrected chi connectivity index (χ2v) is 12.1. The molecule has 0 aliphatic carbocycles. The number of hydrogen-bond donors (Lipinski definition) is 0. The van der Waals surface area contributed by atoms with Crippen molar-refractivity contribution in [2.75, 3.05) is 0 Å². The van der Waals surface area contributed by atoms with Crippen LogP contribution in [-0.4, -0.2) is 0 Å². The Morgan fingerprint density at radius 2 is 1.00 bits per heavy atom. The van der Waals surface area contributed by atoms with Gasteiger partial charge in [-0.3, -0.25) is 0 Å². The first-order valence-electron chi connectivity index (χ1n) is 18.3. The van der Waals surface area contributed by atoms with Gasteiger partial charge in [-0.05, 0) is 107 Å². The minimum atomic E-state index is -0.409. The van der Waals surface area contributed by atoms with Crippen molar-refractivity contribution in [1.82, 2.24) is 0 Å². The molecule has 0 aromatic heterocycles. The fraction of sp³-hybridized carbons (Fsp3) is 0. The molecule has 1 heteroatoms. The second kappa shape index (κ2) is 10.2. The Morgan fingerprint density at radius 3 is 1.85 bits per heavy atom. The summed E-state index contributed by atoms with van der Waals surface area (Å²) in [5.74, 6) is 1.30. The van der Waals surface area contributed by atoms with E-state index < -0.39 is 6.04 Å². The molecule has 10 rings (SSSR count). The van der Waals surface area contributed by atoms with Crippen molar-refractivity contribution in [3.05, 3.63) is 170 Å². The minimum absolute atomic E-state index is 0.156. The van der Waals surface area contributed by atoms with Gasteiger partial charge in [0, 0.05) is 10.9 Å². The number of benzene rings is 9. The monoisotopic (exact) mass is 601 g/mol. The minimum Gasteiger partial charge on any atom is -0.456 e. The fourth-order valence-electron chi connectivity index (χ4n) is 7.37. The first kappa shape index (κ1) is 21.5. The molecule has 0 unspecified atom stereocenters. The molecule has 1 heterocycles. The third kappa shape index (κ3) is 4.03. The second-order valence-electron chi connectivity index (χ2n) is 12.1. The predicted molar refractivity (Wildman–Crippen MR) is 198 cm³/mol. The summed E-state index contributed by atoms with van der Waals surface area (Å²) in [4.78, 5) is 0. The zero-order chi connectivity index (χ0) is 35.2.